The first kappa shape index (κ1) is 10.7. The Morgan fingerprint density at radius 1 is 1.64 bits per heavy atom. The Bertz CT molecular complexity index is 297. The summed E-state index contributed by atoms with van der Waals surface area (Å²) in [6, 6.07) is 2.14. The second-order valence-corrected chi connectivity index (χ2v) is 3.22. The molecule has 0 atom stereocenters. The van der Waals surface area contributed by atoms with Crippen LogP contribution in [0.4, 0.5) is 0 Å². The van der Waals surface area contributed by atoms with Gasteiger partial charge in [-0.15, -0.1) is 0 Å². The van der Waals surface area contributed by atoms with Gasteiger partial charge in [0.15, 0.2) is 0 Å². The second kappa shape index (κ2) is 6.17. The van der Waals surface area contributed by atoms with Gasteiger partial charge in [0.2, 0.25) is 0 Å². The molecule has 4 nitrogen and oxygen atoms in total. The average molecular weight is 192 g/mol. The van der Waals surface area contributed by atoms with Crippen molar-refractivity contribution in [2.45, 2.75) is 25.8 Å². The van der Waals surface area contributed by atoms with Crippen molar-refractivity contribution in [2.24, 2.45) is 0 Å². The normalized spacial score (nSPS) is 10.0. The SMILES string of the molecule is CNCCc1cn(CCCC#N)cn1. The third-order valence-electron chi connectivity index (χ3n) is 2.02. The van der Waals surface area contributed by atoms with Crippen molar-refractivity contribution in [3.63, 3.8) is 0 Å². The number of nitrogens with one attached hydrogen (secondary N) is 1. The Balaban J connectivity index is 2.32. The van der Waals surface area contributed by atoms with E-state index in [1.807, 2.05) is 17.9 Å². The predicted molar refractivity (Wildman–Crippen MR) is 54.7 cm³/mol. The summed E-state index contributed by atoms with van der Waals surface area (Å²) in [5.74, 6) is 0. The molecule has 0 saturated heterocycles. The second-order valence-electron chi connectivity index (χ2n) is 3.22. The van der Waals surface area contributed by atoms with Gasteiger partial charge < -0.3 is 9.88 Å². The number of likely N-dealkylation sites (N-methyl/N-ethyl adjacent to an activating group) is 1. The lowest BCUT2D eigenvalue weighted by atomic mass is 10.3. The molecule has 1 rings (SSSR count). The highest BCUT2D eigenvalue weighted by Crippen LogP contribution is 1.99. The molecule has 0 spiro atoms. The van der Waals surface area contributed by atoms with Crippen molar-refractivity contribution < 1.29 is 0 Å². The smallest absolute Gasteiger partial charge is 0.0949 e. The number of nitriles is 1. The molecule has 0 amide bonds. The lowest BCUT2D eigenvalue weighted by molar-refractivity contribution is 0.652. The van der Waals surface area contributed by atoms with E-state index in [-0.39, 0.29) is 0 Å². The quantitative estimate of drug-likeness (QED) is 0.683. The lowest BCUT2D eigenvalue weighted by Crippen LogP contribution is -2.10. The number of imidazole rings is 1. The van der Waals surface area contributed by atoms with Crippen LogP contribution < -0.4 is 5.32 Å². The number of hydrogen-bond acceptors (Lipinski definition) is 3. The van der Waals surface area contributed by atoms with Gasteiger partial charge in [-0.1, -0.05) is 0 Å². The highest BCUT2D eigenvalue weighted by Gasteiger charge is 1.97. The van der Waals surface area contributed by atoms with Crippen LogP contribution in [0.2, 0.25) is 0 Å². The van der Waals surface area contributed by atoms with Gasteiger partial charge in [-0.25, -0.2) is 4.98 Å². The molecule has 14 heavy (non-hydrogen) atoms. The molecule has 1 aromatic heterocycles. The summed E-state index contributed by atoms with van der Waals surface area (Å²) < 4.78 is 2.04. The monoisotopic (exact) mass is 192 g/mol. The average Bonchev–Trinajstić information content (AvgIpc) is 2.63. The molecule has 0 fully saturated rings. The minimum absolute atomic E-state index is 0.615. The fraction of sp³-hybridized carbons (Fsp3) is 0.600. The van der Waals surface area contributed by atoms with E-state index in [9.17, 15) is 0 Å². The predicted octanol–water partition coefficient (Wildman–Crippen LogP) is 0.949. The van der Waals surface area contributed by atoms with Crippen molar-refractivity contribution in [3.8, 4) is 6.07 Å². The minimum Gasteiger partial charge on any atom is -0.337 e. The number of aryl methyl sites for hydroxylation is 1. The first-order chi connectivity index (χ1) is 6.86. The van der Waals surface area contributed by atoms with Crippen LogP contribution in [-0.2, 0) is 13.0 Å². The fourth-order valence-corrected chi connectivity index (χ4v) is 1.25. The summed E-state index contributed by atoms with van der Waals surface area (Å²) >= 11 is 0. The summed E-state index contributed by atoms with van der Waals surface area (Å²) in [5.41, 5.74) is 1.11. The van der Waals surface area contributed by atoms with Crippen LogP contribution in [0.25, 0.3) is 0 Å². The fourth-order valence-electron chi connectivity index (χ4n) is 1.25. The standard InChI is InChI=1S/C10H16N4/c1-12-6-4-10-8-14(9-13-10)7-3-2-5-11/h8-9,12H,2-4,6-7H2,1H3. The Hall–Kier alpha value is -1.34. The molecule has 0 aromatic carbocycles. The summed E-state index contributed by atoms with van der Waals surface area (Å²) in [5, 5.41) is 11.5. The van der Waals surface area contributed by atoms with Crippen LogP contribution in [0, 0.1) is 11.3 Å². The Labute approximate surface area is 84.6 Å². The van der Waals surface area contributed by atoms with Crippen LogP contribution in [-0.4, -0.2) is 23.1 Å². The maximum Gasteiger partial charge on any atom is 0.0949 e. The van der Waals surface area contributed by atoms with E-state index in [0.29, 0.717) is 6.42 Å². The molecule has 76 valence electrons. The number of unbranched alkanes of at least 4 members (excludes halogenated alkanes) is 1. The number of nitrogens with zero attached hydrogens (tertiary/aromatic N) is 3. The van der Waals surface area contributed by atoms with E-state index in [4.69, 9.17) is 5.26 Å². The van der Waals surface area contributed by atoms with Gasteiger partial charge >= 0.3 is 0 Å². The van der Waals surface area contributed by atoms with Crippen LogP contribution in [0.5, 0.6) is 0 Å². The van der Waals surface area contributed by atoms with E-state index in [1.165, 1.54) is 0 Å². The van der Waals surface area contributed by atoms with Gasteiger partial charge in [0.05, 0.1) is 18.1 Å². The van der Waals surface area contributed by atoms with Crippen molar-refractivity contribution in [3.05, 3.63) is 18.2 Å². The van der Waals surface area contributed by atoms with E-state index >= 15 is 0 Å². The maximum absolute atomic E-state index is 8.38. The Morgan fingerprint density at radius 3 is 3.21 bits per heavy atom. The van der Waals surface area contributed by atoms with Crippen LogP contribution >= 0.6 is 0 Å². The summed E-state index contributed by atoms with van der Waals surface area (Å²) in [4.78, 5) is 4.27. The largest absolute Gasteiger partial charge is 0.337 e. The maximum atomic E-state index is 8.38. The van der Waals surface area contributed by atoms with Gasteiger partial charge in [-0.05, 0) is 13.5 Å². The zero-order chi connectivity index (χ0) is 10.2. The topological polar surface area (TPSA) is 53.6 Å². The molecule has 0 aliphatic carbocycles. The van der Waals surface area contributed by atoms with E-state index in [0.717, 1.165) is 31.6 Å². The molecule has 1 aromatic rings. The Morgan fingerprint density at radius 2 is 2.50 bits per heavy atom. The molecule has 0 unspecified atom stereocenters. The third-order valence-corrected chi connectivity index (χ3v) is 2.02. The molecule has 0 bridgehead atoms. The first-order valence-corrected chi connectivity index (χ1v) is 4.89. The zero-order valence-corrected chi connectivity index (χ0v) is 8.53. The molecule has 1 heterocycles. The van der Waals surface area contributed by atoms with Crippen molar-refractivity contribution in [1.82, 2.24) is 14.9 Å². The van der Waals surface area contributed by atoms with E-state index in [1.54, 1.807) is 0 Å². The van der Waals surface area contributed by atoms with Crippen LogP contribution in [0.1, 0.15) is 18.5 Å². The zero-order valence-electron chi connectivity index (χ0n) is 8.53. The molecule has 0 aliphatic rings. The lowest BCUT2D eigenvalue weighted by Gasteiger charge is -1.97. The molecule has 4 heteroatoms. The highest BCUT2D eigenvalue weighted by atomic mass is 15.0. The van der Waals surface area contributed by atoms with E-state index < -0.39 is 0 Å². The molecular weight excluding hydrogens is 176 g/mol. The van der Waals surface area contributed by atoms with E-state index in [2.05, 4.69) is 22.6 Å². The number of rotatable bonds is 6. The van der Waals surface area contributed by atoms with Crippen LogP contribution in [0.3, 0.4) is 0 Å². The molecular formula is C10H16N4. The number of aromatic nitrogens is 2. The highest BCUT2D eigenvalue weighted by molar-refractivity contribution is 4.97. The minimum atomic E-state index is 0.615. The van der Waals surface area contributed by atoms with Crippen molar-refractivity contribution in [1.29, 1.82) is 5.26 Å². The summed E-state index contributed by atoms with van der Waals surface area (Å²) in [6.07, 6.45) is 6.36. The first-order valence-electron chi connectivity index (χ1n) is 4.89. The molecule has 0 aliphatic heterocycles. The molecule has 1 N–H and O–H groups in total. The van der Waals surface area contributed by atoms with Gasteiger partial charge in [-0.3, -0.25) is 0 Å². The summed E-state index contributed by atoms with van der Waals surface area (Å²) in [6.45, 7) is 1.84. The number of hydrogen-bond donors (Lipinski definition) is 1. The van der Waals surface area contributed by atoms with Crippen LogP contribution in [0.15, 0.2) is 12.5 Å². The van der Waals surface area contributed by atoms with Crippen molar-refractivity contribution in [2.75, 3.05) is 13.6 Å². The van der Waals surface area contributed by atoms with Gasteiger partial charge in [0.25, 0.3) is 0 Å². The van der Waals surface area contributed by atoms with Gasteiger partial charge in [-0.2, -0.15) is 5.26 Å². The Kier molecular flexibility index (Phi) is 4.73. The summed E-state index contributed by atoms with van der Waals surface area (Å²) in [7, 11) is 1.93. The van der Waals surface area contributed by atoms with Crippen molar-refractivity contribution >= 4 is 0 Å². The van der Waals surface area contributed by atoms with Gasteiger partial charge in [0, 0.05) is 32.1 Å². The molecule has 0 radical (unpaired) electrons. The molecule has 0 saturated carbocycles. The third kappa shape index (κ3) is 3.58. The van der Waals surface area contributed by atoms with Gasteiger partial charge in [0.1, 0.15) is 0 Å².